The van der Waals surface area contributed by atoms with Gasteiger partial charge in [0.2, 0.25) is 0 Å². The fourth-order valence-corrected chi connectivity index (χ4v) is 1.48. The van der Waals surface area contributed by atoms with E-state index < -0.39 is 23.7 Å². The average molecular weight is 279 g/mol. The van der Waals surface area contributed by atoms with E-state index in [1.54, 1.807) is 6.07 Å². The topological polar surface area (TPSA) is 93.4 Å². The van der Waals surface area contributed by atoms with Gasteiger partial charge in [-0.2, -0.15) is 5.26 Å². The Morgan fingerprint density at radius 3 is 2.75 bits per heavy atom. The number of rotatable bonds is 4. The van der Waals surface area contributed by atoms with Gasteiger partial charge >= 0.3 is 12.0 Å². The van der Waals surface area contributed by atoms with E-state index in [1.165, 1.54) is 31.0 Å². The van der Waals surface area contributed by atoms with Gasteiger partial charge in [0, 0.05) is 19.3 Å². The van der Waals surface area contributed by atoms with E-state index >= 15 is 0 Å². The highest BCUT2D eigenvalue weighted by atomic mass is 19.1. The minimum atomic E-state index is -1.00. The van der Waals surface area contributed by atoms with Crippen LogP contribution in [0, 0.1) is 23.1 Å². The number of halogens is 1. The Labute approximate surface area is 115 Å². The van der Waals surface area contributed by atoms with Gasteiger partial charge in [-0.1, -0.05) is 6.92 Å². The first-order valence-corrected chi connectivity index (χ1v) is 5.79. The zero-order valence-corrected chi connectivity index (χ0v) is 11.1. The number of carbonyl (C=O) groups excluding carboxylic acids is 1. The zero-order valence-electron chi connectivity index (χ0n) is 11.1. The predicted molar refractivity (Wildman–Crippen MR) is 69.6 cm³/mol. The van der Waals surface area contributed by atoms with Crippen LogP contribution in [-0.4, -0.2) is 35.6 Å². The first-order chi connectivity index (χ1) is 9.35. The van der Waals surface area contributed by atoms with Crippen molar-refractivity contribution in [2.75, 3.05) is 18.9 Å². The predicted octanol–water partition coefficient (Wildman–Crippen LogP) is 1.88. The number of anilines is 1. The van der Waals surface area contributed by atoms with Crippen LogP contribution in [0.4, 0.5) is 14.9 Å². The minimum absolute atomic E-state index is 0.0352. The van der Waals surface area contributed by atoms with Crippen LogP contribution in [0.5, 0.6) is 0 Å². The van der Waals surface area contributed by atoms with Gasteiger partial charge in [0.15, 0.2) is 0 Å². The lowest BCUT2D eigenvalue weighted by Gasteiger charge is -2.20. The first-order valence-electron chi connectivity index (χ1n) is 5.79. The van der Waals surface area contributed by atoms with Crippen LogP contribution in [0.15, 0.2) is 18.2 Å². The molecule has 1 atom stereocenters. The molecule has 1 rings (SSSR count). The van der Waals surface area contributed by atoms with Crippen LogP contribution in [0.2, 0.25) is 0 Å². The maximum Gasteiger partial charge on any atom is 0.321 e. The number of nitriles is 1. The van der Waals surface area contributed by atoms with Gasteiger partial charge in [0.1, 0.15) is 11.9 Å². The van der Waals surface area contributed by atoms with E-state index in [0.717, 1.165) is 6.07 Å². The number of nitrogens with one attached hydrogen (secondary N) is 1. The van der Waals surface area contributed by atoms with Gasteiger partial charge in [0.05, 0.1) is 11.5 Å². The monoisotopic (exact) mass is 279 g/mol. The number of amides is 2. The molecule has 0 aliphatic heterocycles. The number of carboxylic acid groups (broad SMARTS) is 1. The lowest BCUT2D eigenvalue weighted by molar-refractivity contribution is -0.141. The molecule has 6 nitrogen and oxygen atoms in total. The molecular weight excluding hydrogens is 265 g/mol. The summed E-state index contributed by atoms with van der Waals surface area (Å²) in [4.78, 5) is 23.7. The summed E-state index contributed by atoms with van der Waals surface area (Å²) in [5.41, 5.74) is 0.0899. The molecule has 0 bridgehead atoms. The highest BCUT2D eigenvalue weighted by Crippen LogP contribution is 2.14. The van der Waals surface area contributed by atoms with E-state index in [4.69, 9.17) is 10.4 Å². The lowest BCUT2D eigenvalue weighted by atomic mass is 10.2. The average Bonchev–Trinajstić information content (AvgIpc) is 2.40. The normalized spacial score (nSPS) is 11.3. The van der Waals surface area contributed by atoms with Crippen LogP contribution in [-0.2, 0) is 4.79 Å². The molecule has 0 aliphatic carbocycles. The van der Waals surface area contributed by atoms with Crippen LogP contribution in [0.1, 0.15) is 12.5 Å². The third-order valence-electron chi connectivity index (χ3n) is 2.65. The molecule has 1 aromatic rings. The van der Waals surface area contributed by atoms with Crippen LogP contribution >= 0.6 is 0 Å². The molecule has 1 unspecified atom stereocenters. The first kappa shape index (κ1) is 15.4. The molecule has 0 spiro atoms. The quantitative estimate of drug-likeness (QED) is 0.880. The summed E-state index contributed by atoms with van der Waals surface area (Å²) in [6, 6.07) is 4.74. The van der Waals surface area contributed by atoms with Gasteiger partial charge in [-0.25, -0.2) is 9.18 Å². The number of aliphatic carboxylic acids is 1. The van der Waals surface area contributed by atoms with Crippen LogP contribution in [0.3, 0.4) is 0 Å². The summed E-state index contributed by atoms with van der Waals surface area (Å²) in [6.07, 6.45) is 0. The van der Waals surface area contributed by atoms with Crippen molar-refractivity contribution in [2.24, 2.45) is 5.92 Å². The van der Waals surface area contributed by atoms with Crippen molar-refractivity contribution < 1.29 is 19.1 Å². The van der Waals surface area contributed by atoms with Gasteiger partial charge < -0.3 is 15.3 Å². The van der Waals surface area contributed by atoms with Crippen molar-refractivity contribution in [3.8, 4) is 6.07 Å². The van der Waals surface area contributed by atoms with Crippen LogP contribution in [0.25, 0.3) is 0 Å². The Kier molecular flexibility index (Phi) is 5.03. The Bertz CT molecular complexity index is 568. The number of hydrogen-bond donors (Lipinski definition) is 2. The van der Waals surface area contributed by atoms with E-state index in [9.17, 15) is 14.0 Å². The lowest BCUT2D eigenvalue weighted by Crippen LogP contribution is -2.36. The second-order valence-electron chi connectivity index (χ2n) is 4.36. The van der Waals surface area contributed by atoms with Gasteiger partial charge in [0.25, 0.3) is 0 Å². The summed E-state index contributed by atoms with van der Waals surface area (Å²) in [7, 11) is 1.45. The molecule has 106 valence electrons. The highest BCUT2D eigenvalue weighted by Gasteiger charge is 2.17. The van der Waals surface area contributed by atoms with E-state index in [1.807, 2.05) is 0 Å². The van der Waals surface area contributed by atoms with E-state index in [0.29, 0.717) is 0 Å². The summed E-state index contributed by atoms with van der Waals surface area (Å²) in [5.74, 6) is -2.37. The summed E-state index contributed by atoms with van der Waals surface area (Å²) >= 11 is 0. The largest absolute Gasteiger partial charge is 0.481 e. The van der Waals surface area contributed by atoms with Crippen molar-refractivity contribution in [1.82, 2.24) is 4.90 Å². The molecule has 2 N–H and O–H groups in total. The van der Waals surface area contributed by atoms with Gasteiger partial charge in [-0.15, -0.1) is 0 Å². The zero-order chi connectivity index (χ0) is 15.3. The Balaban J connectivity index is 2.71. The standard InChI is InChI=1S/C13H14FN3O3/c1-8(12(18)19)7-17(2)13(20)16-10-3-4-11(14)9(5-10)6-15/h3-5,8H,7H2,1-2H3,(H,16,20)(H,18,19). The highest BCUT2D eigenvalue weighted by molar-refractivity contribution is 5.89. The molecule has 2 amide bonds. The summed E-state index contributed by atoms with van der Waals surface area (Å²) in [5, 5.41) is 19.9. The Morgan fingerprint density at radius 2 is 2.20 bits per heavy atom. The van der Waals surface area contributed by atoms with Crippen LogP contribution < -0.4 is 5.32 Å². The Hall–Kier alpha value is -2.62. The number of carbonyl (C=O) groups is 2. The van der Waals surface area contributed by atoms with Crippen molar-refractivity contribution >= 4 is 17.7 Å². The minimum Gasteiger partial charge on any atom is -0.481 e. The maximum absolute atomic E-state index is 13.1. The molecule has 0 radical (unpaired) electrons. The number of nitrogens with zero attached hydrogens (tertiary/aromatic N) is 2. The Morgan fingerprint density at radius 1 is 1.55 bits per heavy atom. The third-order valence-corrected chi connectivity index (χ3v) is 2.65. The molecule has 0 fully saturated rings. The fourth-order valence-electron chi connectivity index (χ4n) is 1.48. The number of hydrogen-bond acceptors (Lipinski definition) is 3. The SMILES string of the molecule is CC(CN(C)C(=O)Nc1ccc(F)c(C#N)c1)C(=O)O. The molecule has 0 saturated heterocycles. The van der Waals surface area contributed by atoms with Gasteiger partial charge in [-0.05, 0) is 18.2 Å². The van der Waals surface area contributed by atoms with E-state index in [-0.39, 0.29) is 17.8 Å². The number of carboxylic acids is 1. The molecule has 0 heterocycles. The molecule has 0 saturated carbocycles. The van der Waals surface area contributed by atoms with Crippen molar-refractivity contribution in [3.05, 3.63) is 29.6 Å². The van der Waals surface area contributed by atoms with Crippen molar-refractivity contribution in [3.63, 3.8) is 0 Å². The molecule has 1 aromatic carbocycles. The molecular formula is C13H14FN3O3. The maximum atomic E-state index is 13.1. The summed E-state index contributed by atoms with van der Waals surface area (Å²) in [6.45, 7) is 1.52. The number of benzene rings is 1. The summed E-state index contributed by atoms with van der Waals surface area (Å²) < 4.78 is 13.1. The van der Waals surface area contributed by atoms with Crippen molar-refractivity contribution in [1.29, 1.82) is 5.26 Å². The smallest absolute Gasteiger partial charge is 0.321 e. The van der Waals surface area contributed by atoms with Gasteiger partial charge in [-0.3, -0.25) is 4.79 Å². The fraction of sp³-hybridized carbons (Fsp3) is 0.308. The molecule has 7 heteroatoms. The second kappa shape index (κ2) is 6.52. The molecule has 0 aromatic heterocycles. The third kappa shape index (κ3) is 3.95. The van der Waals surface area contributed by atoms with E-state index in [2.05, 4.69) is 5.32 Å². The molecule has 0 aliphatic rings. The number of urea groups is 1. The molecule has 20 heavy (non-hydrogen) atoms. The second-order valence-corrected chi connectivity index (χ2v) is 4.36. The van der Waals surface area contributed by atoms with Crippen molar-refractivity contribution in [2.45, 2.75) is 6.92 Å².